The highest BCUT2D eigenvalue weighted by Gasteiger charge is 2.42. The number of ether oxygens (including phenoxy) is 2. The SMILES string of the molecule is CCCCCCCC[N+](C)(C)CCOC(=O)C1=C(C[n+]2ccccc2)NC(C[n+]2ccccc2)=C(C(=O)OCC[N+](C)(C)CCCCCCCC)C1c1ccccc1.[Br-].[Br-].[Br-].[Br-]. The highest BCUT2D eigenvalue weighted by molar-refractivity contribution is 6.00. The molecular formula is C49H75Br4N5O4. The Bertz CT molecular complexity index is 1640. The number of halogens is 4. The number of aromatic nitrogens is 2. The van der Waals surface area contributed by atoms with Crippen molar-refractivity contribution in [3.05, 3.63) is 120 Å². The van der Waals surface area contributed by atoms with E-state index in [4.69, 9.17) is 9.47 Å². The fraction of sp³-hybridized carbons (Fsp3) is 0.551. The van der Waals surface area contributed by atoms with Crippen molar-refractivity contribution >= 4 is 11.9 Å². The Morgan fingerprint density at radius 2 is 0.871 bits per heavy atom. The Morgan fingerprint density at radius 3 is 1.26 bits per heavy atom. The monoisotopic (exact) mass is 1110 g/mol. The number of hydrogen-bond acceptors (Lipinski definition) is 5. The summed E-state index contributed by atoms with van der Waals surface area (Å²) in [4.78, 5) is 29.3. The lowest BCUT2D eigenvalue weighted by molar-refractivity contribution is -0.890. The molecule has 2 aromatic heterocycles. The quantitative estimate of drug-likeness (QED) is 0.0364. The van der Waals surface area contributed by atoms with E-state index in [9.17, 15) is 9.59 Å². The van der Waals surface area contributed by atoms with E-state index in [-0.39, 0.29) is 81.1 Å². The van der Waals surface area contributed by atoms with Crippen LogP contribution in [0.2, 0.25) is 0 Å². The van der Waals surface area contributed by atoms with Gasteiger partial charge in [-0.25, -0.2) is 9.59 Å². The second-order valence-electron chi connectivity index (χ2n) is 17.4. The van der Waals surface area contributed by atoms with E-state index in [1.807, 2.05) is 101 Å². The highest BCUT2D eigenvalue weighted by Crippen LogP contribution is 2.39. The number of carbonyl (C=O) groups is 2. The molecule has 0 saturated heterocycles. The summed E-state index contributed by atoms with van der Waals surface area (Å²) in [5.41, 5.74) is 3.13. The molecule has 3 aromatic rings. The minimum Gasteiger partial charge on any atom is -1.00 e. The third-order valence-electron chi connectivity index (χ3n) is 11.4. The Morgan fingerprint density at radius 1 is 0.516 bits per heavy atom. The molecule has 0 spiro atoms. The number of rotatable bonds is 27. The average Bonchev–Trinajstić information content (AvgIpc) is 3.21. The number of nitrogens with zero attached hydrogens (tertiary/aromatic N) is 4. The first-order valence-corrected chi connectivity index (χ1v) is 22.2. The molecule has 0 unspecified atom stereocenters. The molecule has 1 N–H and O–H groups in total. The Balaban J connectivity index is 0.00000930. The zero-order valence-electron chi connectivity index (χ0n) is 38.3. The molecule has 0 amide bonds. The van der Waals surface area contributed by atoms with Crippen LogP contribution in [0.3, 0.4) is 0 Å². The van der Waals surface area contributed by atoms with Crippen LogP contribution in [0.25, 0.3) is 0 Å². The van der Waals surface area contributed by atoms with Gasteiger partial charge in [0.1, 0.15) is 26.3 Å². The van der Waals surface area contributed by atoms with Crippen molar-refractivity contribution < 1.29 is 105 Å². The molecule has 0 atom stereocenters. The maximum absolute atomic E-state index is 14.7. The molecule has 9 nitrogen and oxygen atoms in total. The number of hydrogen-bond donors (Lipinski definition) is 1. The Hall–Kier alpha value is -2.42. The van der Waals surface area contributed by atoms with Crippen molar-refractivity contribution in [2.75, 3.05) is 67.6 Å². The molecule has 348 valence electrons. The predicted octanol–water partition coefficient (Wildman–Crippen LogP) is -4.17. The van der Waals surface area contributed by atoms with E-state index in [2.05, 4.69) is 47.4 Å². The third kappa shape index (κ3) is 21.0. The maximum Gasteiger partial charge on any atom is 0.337 e. The van der Waals surface area contributed by atoms with Crippen molar-refractivity contribution in [2.24, 2.45) is 0 Å². The van der Waals surface area contributed by atoms with Crippen LogP contribution in [0.15, 0.2) is 114 Å². The Labute approximate surface area is 416 Å². The van der Waals surface area contributed by atoms with Gasteiger partial charge in [0, 0.05) is 24.3 Å². The van der Waals surface area contributed by atoms with Gasteiger partial charge in [0.2, 0.25) is 0 Å². The lowest BCUT2D eigenvalue weighted by atomic mass is 9.80. The van der Waals surface area contributed by atoms with Gasteiger partial charge in [-0.3, -0.25) is 0 Å². The zero-order valence-corrected chi connectivity index (χ0v) is 44.7. The van der Waals surface area contributed by atoms with Crippen molar-refractivity contribution in [1.82, 2.24) is 5.32 Å². The number of benzene rings is 1. The molecule has 0 radical (unpaired) electrons. The number of allylic oxidation sites excluding steroid dienone is 2. The summed E-state index contributed by atoms with van der Waals surface area (Å²) in [5, 5.41) is 3.63. The van der Waals surface area contributed by atoms with Crippen LogP contribution in [0.1, 0.15) is 102 Å². The molecule has 13 heteroatoms. The van der Waals surface area contributed by atoms with Gasteiger partial charge in [-0.1, -0.05) is 108 Å². The van der Waals surface area contributed by atoms with E-state index >= 15 is 0 Å². The molecule has 1 aliphatic heterocycles. The lowest BCUT2D eigenvalue weighted by Crippen LogP contribution is -3.00. The third-order valence-corrected chi connectivity index (χ3v) is 11.4. The number of esters is 2. The average molecular weight is 1120 g/mol. The van der Waals surface area contributed by atoms with Crippen LogP contribution in [-0.2, 0) is 32.2 Å². The van der Waals surface area contributed by atoms with E-state index < -0.39 is 17.9 Å². The zero-order chi connectivity index (χ0) is 41.6. The number of unbranched alkanes of at least 4 members (excludes halogenated alkanes) is 10. The summed E-state index contributed by atoms with van der Waals surface area (Å²) in [5.74, 6) is -1.53. The van der Waals surface area contributed by atoms with Crippen LogP contribution in [-0.4, -0.2) is 88.5 Å². The largest absolute Gasteiger partial charge is 1.00 e. The summed E-state index contributed by atoms with van der Waals surface area (Å²) in [6.45, 7) is 9.30. The number of likely N-dealkylation sites (N-methyl/N-ethyl adjacent to an activating group) is 2. The van der Waals surface area contributed by atoms with Crippen molar-refractivity contribution in [1.29, 1.82) is 0 Å². The fourth-order valence-corrected chi connectivity index (χ4v) is 7.75. The van der Waals surface area contributed by atoms with Gasteiger partial charge in [-0.05, 0) is 31.2 Å². The van der Waals surface area contributed by atoms with Gasteiger partial charge >= 0.3 is 11.9 Å². The van der Waals surface area contributed by atoms with E-state index in [0.717, 1.165) is 40.5 Å². The minimum atomic E-state index is -0.697. The maximum atomic E-state index is 14.7. The van der Waals surface area contributed by atoms with E-state index in [1.54, 1.807) is 0 Å². The molecule has 0 bridgehead atoms. The fourth-order valence-electron chi connectivity index (χ4n) is 7.75. The number of pyridine rings is 2. The second-order valence-corrected chi connectivity index (χ2v) is 17.4. The summed E-state index contributed by atoms with van der Waals surface area (Å²) in [6, 6.07) is 21.8. The predicted molar refractivity (Wildman–Crippen MR) is 232 cm³/mol. The van der Waals surface area contributed by atoms with Crippen molar-refractivity contribution in [3.8, 4) is 0 Å². The number of dihydropyridines is 1. The van der Waals surface area contributed by atoms with Crippen LogP contribution in [0.4, 0.5) is 0 Å². The standard InChI is InChI=1S/C49H74N5O4.4BrH/c1-7-9-11-13-15-26-34-53(3,4)36-38-57-48(55)46-43(40-51-30-22-18-23-31-51)50-44(41-52-32-24-19-25-33-52)47(45(46)42-28-20-17-21-29-42)49(56)58-39-37-54(5,6)35-27-16-14-12-10-8-2;;;;/h17-25,28-33,45H,7-16,26-27,34-41H2,1-6H3;4*1H/q+3;;;;/p-3. The van der Waals surface area contributed by atoms with Gasteiger partial charge in [0.15, 0.2) is 37.9 Å². The first kappa shape index (κ1) is 59.6. The molecular weight excluding hydrogens is 1040 g/mol. The first-order chi connectivity index (χ1) is 28.0. The van der Waals surface area contributed by atoms with Crippen LogP contribution in [0.5, 0.6) is 0 Å². The molecule has 3 heterocycles. The molecule has 0 fully saturated rings. The molecule has 0 saturated carbocycles. The summed E-state index contributed by atoms with van der Waals surface area (Å²) in [6.07, 6.45) is 22.9. The number of quaternary nitrogens is 2. The molecule has 1 aliphatic rings. The molecule has 62 heavy (non-hydrogen) atoms. The molecule has 1 aromatic carbocycles. The smallest absolute Gasteiger partial charge is 0.337 e. The van der Waals surface area contributed by atoms with Gasteiger partial charge < -0.3 is 91.7 Å². The second kappa shape index (κ2) is 32.3. The van der Waals surface area contributed by atoms with Crippen LogP contribution >= 0.6 is 0 Å². The number of carbonyl (C=O) groups excluding carboxylic acids is 2. The summed E-state index contributed by atoms with van der Waals surface area (Å²) >= 11 is 0. The van der Waals surface area contributed by atoms with Crippen molar-refractivity contribution in [2.45, 2.75) is 110 Å². The van der Waals surface area contributed by atoms with Gasteiger partial charge in [0.25, 0.3) is 0 Å². The minimum absolute atomic E-state index is 0. The van der Waals surface area contributed by atoms with Gasteiger partial charge in [0.05, 0.1) is 69.7 Å². The molecule has 0 aliphatic carbocycles. The van der Waals surface area contributed by atoms with E-state index in [1.165, 1.54) is 64.2 Å². The van der Waals surface area contributed by atoms with Crippen LogP contribution in [0, 0.1) is 0 Å². The lowest BCUT2D eigenvalue weighted by Gasteiger charge is -2.32. The van der Waals surface area contributed by atoms with Gasteiger partial charge in [-0.15, -0.1) is 0 Å². The van der Waals surface area contributed by atoms with Crippen molar-refractivity contribution in [3.63, 3.8) is 0 Å². The first-order valence-electron chi connectivity index (χ1n) is 22.2. The van der Waals surface area contributed by atoms with E-state index in [0.29, 0.717) is 48.7 Å². The van der Waals surface area contributed by atoms with Crippen LogP contribution < -0.4 is 82.4 Å². The Kier molecular flexibility index (Phi) is 31.0. The number of nitrogens with one attached hydrogen (secondary N) is 1. The summed E-state index contributed by atoms with van der Waals surface area (Å²) in [7, 11) is 8.85. The summed E-state index contributed by atoms with van der Waals surface area (Å²) < 4.78 is 18.1. The van der Waals surface area contributed by atoms with Gasteiger partial charge in [-0.2, -0.15) is 9.13 Å². The highest BCUT2D eigenvalue weighted by atomic mass is 79.9. The molecule has 4 rings (SSSR count). The normalized spacial score (nSPS) is 12.9. The topological polar surface area (TPSA) is 72.4 Å².